The third-order valence-corrected chi connectivity index (χ3v) is 3.69. The molecule has 0 amide bonds. The number of carboxylic acids is 1. The molecule has 3 rings (SSSR count). The first-order valence-corrected chi connectivity index (χ1v) is 7.22. The van der Waals surface area contributed by atoms with E-state index in [-0.39, 0.29) is 22.5 Å². The predicted octanol–water partition coefficient (Wildman–Crippen LogP) is 4.83. The number of hydrogen-bond acceptors (Lipinski definition) is 4. The van der Waals surface area contributed by atoms with E-state index in [1.807, 2.05) is 41.8 Å². The largest absolute Gasteiger partial charge is 0.478 e. The Labute approximate surface area is 142 Å². The standard InChI is InChI=1S/C16H12N2O2S.BrH/c19-15(20)12-7-4-8-13(9-12)17-16-18-14(10-21-16)11-5-2-1-3-6-11;/h1-10H,(H,17,18)(H,19,20);1H. The molecular weight excluding hydrogens is 364 g/mol. The smallest absolute Gasteiger partial charge is 0.335 e. The van der Waals surface area contributed by atoms with Crippen LogP contribution >= 0.6 is 28.3 Å². The molecule has 0 atom stereocenters. The van der Waals surface area contributed by atoms with Gasteiger partial charge in [-0.2, -0.15) is 0 Å². The fourth-order valence-corrected chi connectivity index (χ4v) is 2.67. The van der Waals surface area contributed by atoms with Crippen molar-refractivity contribution >= 4 is 45.1 Å². The van der Waals surface area contributed by atoms with Gasteiger partial charge in [0, 0.05) is 16.6 Å². The van der Waals surface area contributed by atoms with Crippen molar-refractivity contribution in [3.8, 4) is 11.3 Å². The van der Waals surface area contributed by atoms with Crippen molar-refractivity contribution in [2.45, 2.75) is 0 Å². The van der Waals surface area contributed by atoms with E-state index in [1.165, 1.54) is 11.3 Å². The van der Waals surface area contributed by atoms with Crippen LogP contribution in [0.15, 0.2) is 60.0 Å². The van der Waals surface area contributed by atoms with Gasteiger partial charge in [0.25, 0.3) is 0 Å². The number of anilines is 2. The Kier molecular flexibility index (Phi) is 5.30. The minimum Gasteiger partial charge on any atom is -0.478 e. The van der Waals surface area contributed by atoms with Gasteiger partial charge in [0.2, 0.25) is 0 Å². The monoisotopic (exact) mass is 376 g/mol. The maximum atomic E-state index is 11.0. The number of rotatable bonds is 4. The van der Waals surface area contributed by atoms with Gasteiger partial charge in [0.1, 0.15) is 0 Å². The minimum atomic E-state index is -0.942. The van der Waals surface area contributed by atoms with E-state index < -0.39 is 5.97 Å². The number of aromatic nitrogens is 1. The van der Waals surface area contributed by atoms with Crippen LogP contribution in [0.5, 0.6) is 0 Å². The molecule has 0 saturated carbocycles. The van der Waals surface area contributed by atoms with Gasteiger partial charge in [-0.3, -0.25) is 0 Å². The van der Waals surface area contributed by atoms with E-state index in [0.29, 0.717) is 5.69 Å². The van der Waals surface area contributed by atoms with E-state index in [1.54, 1.807) is 18.2 Å². The Morgan fingerprint density at radius 1 is 1.09 bits per heavy atom. The third-order valence-electron chi connectivity index (χ3n) is 2.93. The number of thiazole rings is 1. The fraction of sp³-hybridized carbons (Fsp3) is 0. The van der Waals surface area contributed by atoms with E-state index in [9.17, 15) is 4.79 Å². The van der Waals surface area contributed by atoms with Crippen LogP contribution in [-0.4, -0.2) is 16.1 Å². The lowest BCUT2D eigenvalue weighted by Crippen LogP contribution is -1.97. The molecule has 0 radical (unpaired) electrons. The molecule has 2 N–H and O–H groups in total. The van der Waals surface area contributed by atoms with Crippen LogP contribution in [0.1, 0.15) is 10.4 Å². The van der Waals surface area contributed by atoms with Gasteiger partial charge in [0.15, 0.2) is 5.13 Å². The van der Waals surface area contributed by atoms with E-state index in [0.717, 1.165) is 16.4 Å². The summed E-state index contributed by atoms with van der Waals surface area (Å²) in [7, 11) is 0. The quantitative estimate of drug-likeness (QED) is 0.684. The number of aromatic carboxylic acids is 1. The van der Waals surface area contributed by atoms with Crippen molar-refractivity contribution in [3.05, 3.63) is 65.5 Å². The molecule has 4 nitrogen and oxygen atoms in total. The molecule has 1 aromatic heterocycles. The van der Waals surface area contributed by atoms with Crippen LogP contribution in [0.2, 0.25) is 0 Å². The van der Waals surface area contributed by atoms with Gasteiger partial charge >= 0.3 is 5.97 Å². The highest BCUT2D eigenvalue weighted by molar-refractivity contribution is 8.93. The van der Waals surface area contributed by atoms with Crippen LogP contribution in [0, 0.1) is 0 Å². The van der Waals surface area contributed by atoms with E-state index in [4.69, 9.17) is 5.11 Å². The Balaban J connectivity index is 0.00000176. The molecule has 3 aromatic rings. The van der Waals surface area contributed by atoms with Gasteiger partial charge in [-0.1, -0.05) is 36.4 Å². The summed E-state index contributed by atoms with van der Waals surface area (Å²) in [6.45, 7) is 0. The van der Waals surface area contributed by atoms with Crippen LogP contribution in [0.25, 0.3) is 11.3 Å². The van der Waals surface area contributed by atoms with E-state index in [2.05, 4.69) is 10.3 Å². The SMILES string of the molecule is Br.O=C(O)c1cccc(Nc2nc(-c3ccccc3)cs2)c1. The summed E-state index contributed by atoms with van der Waals surface area (Å²) < 4.78 is 0. The molecular formula is C16H13BrN2O2S. The van der Waals surface area contributed by atoms with Crippen LogP contribution in [0.4, 0.5) is 10.8 Å². The van der Waals surface area contributed by atoms with Crippen molar-refractivity contribution in [2.75, 3.05) is 5.32 Å². The number of nitrogens with one attached hydrogen (secondary N) is 1. The van der Waals surface area contributed by atoms with Crippen molar-refractivity contribution < 1.29 is 9.90 Å². The predicted molar refractivity (Wildman–Crippen MR) is 94.6 cm³/mol. The van der Waals surface area contributed by atoms with Crippen LogP contribution in [0.3, 0.4) is 0 Å². The number of hydrogen-bond donors (Lipinski definition) is 2. The summed E-state index contributed by atoms with van der Waals surface area (Å²) in [6, 6.07) is 16.6. The second-order valence-electron chi connectivity index (χ2n) is 4.41. The lowest BCUT2D eigenvalue weighted by Gasteiger charge is -2.03. The normalized spacial score (nSPS) is 9.82. The maximum absolute atomic E-state index is 11.0. The number of carbonyl (C=O) groups is 1. The Morgan fingerprint density at radius 2 is 1.86 bits per heavy atom. The molecule has 6 heteroatoms. The zero-order valence-corrected chi connectivity index (χ0v) is 13.9. The number of benzene rings is 2. The molecule has 0 aliphatic heterocycles. The van der Waals surface area contributed by atoms with Crippen LogP contribution in [-0.2, 0) is 0 Å². The molecule has 0 saturated heterocycles. The minimum absolute atomic E-state index is 0. The molecule has 0 aliphatic carbocycles. The molecule has 112 valence electrons. The van der Waals surface area contributed by atoms with Gasteiger partial charge in [-0.05, 0) is 18.2 Å². The molecule has 0 unspecified atom stereocenters. The highest BCUT2D eigenvalue weighted by Gasteiger charge is 2.06. The first-order valence-electron chi connectivity index (χ1n) is 6.34. The summed E-state index contributed by atoms with van der Waals surface area (Å²) in [5.74, 6) is -0.942. The van der Waals surface area contributed by atoms with Gasteiger partial charge in [-0.25, -0.2) is 9.78 Å². The summed E-state index contributed by atoms with van der Waals surface area (Å²) in [5.41, 5.74) is 2.92. The highest BCUT2D eigenvalue weighted by atomic mass is 79.9. The second kappa shape index (κ2) is 7.20. The highest BCUT2D eigenvalue weighted by Crippen LogP contribution is 2.27. The summed E-state index contributed by atoms with van der Waals surface area (Å²) in [6.07, 6.45) is 0. The first-order chi connectivity index (χ1) is 10.2. The number of carboxylic acid groups (broad SMARTS) is 1. The zero-order valence-electron chi connectivity index (χ0n) is 11.4. The molecule has 0 bridgehead atoms. The number of halogens is 1. The second-order valence-corrected chi connectivity index (χ2v) is 5.27. The lowest BCUT2D eigenvalue weighted by molar-refractivity contribution is 0.0697. The molecule has 0 spiro atoms. The summed E-state index contributed by atoms with van der Waals surface area (Å²) >= 11 is 1.48. The third kappa shape index (κ3) is 3.72. The van der Waals surface area contributed by atoms with Crippen molar-refractivity contribution in [1.29, 1.82) is 0 Å². The molecule has 2 aromatic carbocycles. The van der Waals surface area contributed by atoms with Gasteiger partial charge in [-0.15, -0.1) is 28.3 Å². The topological polar surface area (TPSA) is 62.2 Å². The summed E-state index contributed by atoms with van der Waals surface area (Å²) in [5, 5.41) is 14.8. The first kappa shape index (κ1) is 16.2. The van der Waals surface area contributed by atoms with Crippen molar-refractivity contribution in [2.24, 2.45) is 0 Å². The molecule has 22 heavy (non-hydrogen) atoms. The average Bonchev–Trinajstić information content (AvgIpc) is 2.97. The van der Waals surface area contributed by atoms with Gasteiger partial charge in [0.05, 0.1) is 11.3 Å². The van der Waals surface area contributed by atoms with Crippen LogP contribution < -0.4 is 5.32 Å². The van der Waals surface area contributed by atoms with Crippen molar-refractivity contribution in [1.82, 2.24) is 4.98 Å². The van der Waals surface area contributed by atoms with Gasteiger partial charge < -0.3 is 10.4 Å². The van der Waals surface area contributed by atoms with Crippen molar-refractivity contribution in [3.63, 3.8) is 0 Å². The lowest BCUT2D eigenvalue weighted by atomic mass is 10.2. The maximum Gasteiger partial charge on any atom is 0.335 e. The molecule has 0 fully saturated rings. The Morgan fingerprint density at radius 3 is 2.59 bits per heavy atom. The Hall–Kier alpha value is -2.18. The fourth-order valence-electron chi connectivity index (χ4n) is 1.93. The van der Waals surface area contributed by atoms with E-state index >= 15 is 0 Å². The molecule has 0 aliphatic rings. The number of nitrogens with zero attached hydrogens (tertiary/aromatic N) is 1. The average molecular weight is 377 g/mol. The molecule has 1 heterocycles. The Bertz CT molecular complexity index is 775. The zero-order chi connectivity index (χ0) is 14.7. The summed E-state index contributed by atoms with van der Waals surface area (Å²) in [4.78, 5) is 15.5.